The first-order chi connectivity index (χ1) is 14.3. The van der Waals surface area contributed by atoms with Crippen LogP contribution in [0, 0.1) is 0 Å². The van der Waals surface area contributed by atoms with Crippen molar-refractivity contribution in [3.63, 3.8) is 0 Å². The summed E-state index contributed by atoms with van der Waals surface area (Å²) in [5, 5.41) is 12.6. The van der Waals surface area contributed by atoms with E-state index in [1.54, 1.807) is 24.3 Å². The fourth-order valence-electron chi connectivity index (χ4n) is 3.21. The molecule has 0 spiro atoms. The summed E-state index contributed by atoms with van der Waals surface area (Å²) in [7, 11) is -3.58. The van der Waals surface area contributed by atoms with Gasteiger partial charge in [0.15, 0.2) is 0 Å². The molecule has 1 aliphatic heterocycles. The number of rotatable bonds is 9. The minimum Gasteiger partial charge on any atom is -0.497 e. The summed E-state index contributed by atoms with van der Waals surface area (Å²) >= 11 is 0. The Morgan fingerprint density at radius 2 is 2.07 bits per heavy atom. The van der Waals surface area contributed by atoms with Gasteiger partial charge < -0.3 is 19.7 Å². The first-order valence-electron chi connectivity index (χ1n) is 9.73. The highest BCUT2D eigenvalue weighted by atomic mass is 32.2. The molecule has 0 aromatic heterocycles. The van der Waals surface area contributed by atoms with Crippen molar-refractivity contribution in [2.24, 2.45) is 0 Å². The number of amides is 1. The predicted octanol–water partition coefficient (Wildman–Crippen LogP) is 1.17. The topological polar surface area (TPSA) is 114 Å². The molecule has 30 heavy (non-hydrogen) atoms. The molecule has 2 aromatic carbocycles. The normalized spacial score (nSPS) is 13.1. The first-order valence-corrected chi connectivity index (χ1v) is 11.2. The number of carbonyl (C=O) groups is 1. The number of methoxy groups -OCH3 is 1. The molecule has 2 aromatic rings. The van der Waals surface area contributed by atoms with Gasteiger partial charge in [0.25, 0.3) is 10.0 Å². The Hall–Kier alpha value is -2.56. The third-order valence-corrected chi connectivity index (χ3v) is 6.30. The molecule has 1 aliphatic rings. The van der Waals surface area contributed by atoms with Crippen molar-refractivity contribution in [3.05, 3.63) is 47.5 Å². The van der Waals surface area contributed by atoms with E-state index in [2.05, 4.69) is 10.0 Å². The minimum absolute atomic E-state index is 0.00811. The monoisotopic (exact) mass is 432 g/mol. The van der Waals surface area contributed by atoms with Crippen LogP contribution in [0.4, 0.5) is 5.69 Å². The Bertz CT molecular complexity index is 1030. The SMILES string of the molecule is CCCCNC(=O)Cc1cc(OC)ccc1S(=O)(=O)Nc1ccc2c(c1)B(O)OC2. The fraction of sp³-hybridized carbons (Fsp3) is 0.350. The average Bonchev–Trinajstić information content (AvgIpc) is 3.08. The zero-order chi connectivity index (χ0) is 21.7. The number of sulfonamides is 1. The molecule has 0 saturated carbocycles. The standard InChI is InChI=1S/C20H25BN2O6S/c1-3-4-9-22-20(24)11-15-10-17(28-2)7-8-19(15)30(26,27)23-16-6-5-14-13-29-21(25)18(14)12-16/h5-8,10,12,23,25H,3-4,9,11,13H2,1-2H3,(H,22,24). The Morgan fingerprint density at radius 3 is 2.80 bits per heavy atom. The van der Waals surface area contributed by atoms with E-state index >= 15 is 0 Å². The van der Waals surface area contributed by atoms with E-state index in [0.29, 0.717) is 29.0 Å². The van der Waals surface area contributed by atoms with E-state index in [9.17, 15) is 18.2 Å². The van der Waals surface area contributed by atoms with Gasteiger partial charge in [-0.3, -0.25) is 9.52 Å². The van der Waals surface area contributed by atoms with Crippen molar-refractivity contribution in [2.75, 3.05) is 18.4 Å². The molecule has 0 radical (unpaired) electrons. The van der Waals surface area contributed by atoms with Gasteiger partial charge in [0.2, 0.25) is 5.91 Å². The van der Waals surface area contributed by atoms with Gasteiger partial charge in [-0.1, -0.05) is 19.4 Å². The quantitative estimate of drug-likeness (QED) is 0.405. The molecule has 1 heterocycles. The molecule has 1 amide bonds. The maximum Gasteiger partial charge on any atom is 0.491 e. The third-order valence-electron chi connectivity index (χ3n) is 4.82. The smallest absolute Gasteiger partial charge is 0.491 e. The summed E-state index contributed by atoms with van der Waals surface area (Å²) in [6.45, 7) is 2.84. The number of benzene rings is 2. The molecule has 3 N–H and O–H groups in total. The second-order valence-corrected chi connectivity index (χ2v) is 8.69. The van der Waals surface area contributed by atoms with Crippen molar-refractivity contribution in [1.29, 1.82) is 0 Å². The Morgan fingerprint density at radius 1 is 1.27 bits per heavy atom. The Balaban J connectivity index is 1.86. The average molecular weight is 432 g/mol. The molecule has 10 heteroatoms. The molecule has 8 nitrogen and oxygen atoms in total. The van der Waals surface area contributed by atoms with E-state index in [4.69, 9.17) is 9.39 Å². The number of unbranched alkanes of at least 4 members (excludes halogenated alkanes) is 1. The number of fused-ring (bicyclic) bond motifs is 1. The number of carbonyl (C=O) groups excluding carboxylic acids is 1. The van der Waals surface area contributed by atoms with Gasteiger partial charge in [-0.2, -0.15) is 0 Å². The maximum atomic E-state index is 13.1. The summed E-state index contributed by atoms with van der Waals surface area (Å²) in [6.07, 6.45) is 1.71. The molecule has 160 valence electrons. The Labute approximate surface area is 176 Å². The van der Waals surface area contributed by atoms with Crippen molar-refractivity contribution >= 4 is 34.2 Å². The summed E-state index contributed by atoms with van der Waals surface area (Å²) in [4.78, 5) is 12.3. The van der Waals surface area contributed by atoms with Crippen LogP contribution in [-0.2, 0) is 32.5 Å². The summed E-state index contributed by atoms with van der Waals surface area (Å²) < 4.78 is 39.0. The third kappa shape index (κ3) is 5.13. The van der Waals surface area contributed by atoms with Gasteiger partial charge in [-0.25, -0.2) is 8.42 Å². The van der Waals surface area contributed by atoms with E-state index in [0.717, 1.165) is 18.4 Å². The first kappa shape index (κ1) is 22.1. The summed E-state index contributed by atoms with van der Waals surface area (Å²) in [5.74, 6) is 0.203. The van der Waals surface area contributed by atoms with Gasteiger partial charge in [0.05, 0.1) is 25.0 Å². The molecule has 3 rings (SSSR count). The second-order valence-electron chi connectivity index (χ2n) is 7.04. The van der Waals surface area contributed by atoms with Crippen LogP contribution < -0.4 is 20.2 Å². The summed E-state index contributed by atoms with van der Waals surface area (Å²) in [5.41, 5.74) is 1.97. The lowest BCUT2D eigenvalue weighted by atomic mass is 9.79. The van der Waals surface area contributed by atoms with Gasteiger partial charge in [0, 0.05) is 12.2 Å². The van der Waals surface area contributed by atoms with Crippen LogP contribution in [0.5, 0.6) is 5.75 Å². The molecule has 0 aliphatic carbocycles. The van der Waals surface area contributed by atoms with Crippen LogP contribution in [0.2, 0.25) is 0 Å². The van der Waals surface area contributed by atoms with Crippen LogP contribution in [-0.4, -0.2) is 40.1 Å². The van der Waals surface area contributed by atoms with Crippen molar-refractivity contribution < 1.29 is 27.6 Å². The summed E-state index contributed by atoms with van der Waals surface area (Å²) in [6, 6.07) is 9.37. The lowest BCUT2D eigenvalue weighted by Gasteiger charge is -2.14. The molecule has 0 atom stereocenters. The fourth-order valence-corrected chi connectivity index (χ4v) is 4.48. The zero-order valence-electron chi connectivity index (χ0n) is 17.0. The number of anilines is 1. The van der Waals surface area contributed by atoms with Gasteiger partial charge in [-0.15, -0.1) is 0 Å². The lowest BCUT2D eigenvalue weighted by Crippen LogP contribution is -2.29. The highest BCUT2D eigenvalue weighted by Gasteiger charge is 2.28. The largest absolute Gasteiger partial charge is 0.497 e. The van der Waals surface area contributed by atoms with E-state index in [1.807, 2.05) is 6.92 Å². The van der Waals surface area contributed by atoms with E-state index in [1.165, 1.54) is 19.2 Å². The highest BCUT2D eigenvalue weighted by molar-refractivity contribution is 7.92. The molecule has 0 bridgehead atoms. The van der Waals surface area contributed by atoms with Crippen LogP contribution in [0.15, 0.2) is 41.3 Å². The molecular formula is C20H25BN2O6S. The van der Waals surface area contributed by atoms with Crippen LogP contribution >= 0.6 is 0 Å². The van der Waals surface area contributed by atoms with E-state index < -0.39 is 17.1 Å². The minimum atomic E-state index is -3.98. The number of ether oxygens (including phenoxy) is 1. The number of hydrogen-bond donors (Lipinski definition) is 3. The second kappa shape index (κ2) is 9.50. The van der Waals surface area contributed by atoms with Gasteiger partial charge in [-0.05, 0) is 53.3 Å². The van der Waals surface area contributed by atoms with Crippen molar-refractivity contribution in [3.8, 4) is 5.75 Å². The molecular weight excluding hydrogens is 407 g/mol. The van der Waals surface area contributed by atoms with Gasteiger partial charge in [0.1, 0.15) is 5.75 Å². The molecule has 0 saturated heterocycles. The predicted molar refractivity (Wildman–Crippen MR) is 114 cm³/mol. The van der Waals surface area contributed by atoms with Crippen LogP contribution in [0.3, 0.4) is 0 Å². The van der Waals surface area contributed by atoms with Crippen LogP contribution in [0.25, 0.3) is 0 Å². The molecule has 0 unspecified atom stereocenters. The van der Waals surface area contributed by atoms with Gasteiger partial charge >= 0.3 is 7.12 Å². The molecule has 0 fully saturated rings. The van der Waals surface area contributed by atoms with Crippen molar-refractivity contribution in [1.82, 2.24) is 5.32 Å². The Kier molecular flexibility index (Phi) is 7.01. The number of hydrogen-bond acceptors (Lipinski definition) is 6. The number of nitrogens with one attached hydrogen (secondary N) is 2. The van der Waals surface area contributed by atoms with Crippen molar-refractivity contribution in [2.45, 2.75) is 37.7 Å². The highest BCUT2D eigenvalue weighted by Crippen LogP contribution is 2.25. The van der Waals surface area contributed by atoms with E-state index in [-0.39, 0.29) is 23.8 Å². The maximum absolute atomic E-state index is 13.1. The lowest BCUT2D eigenvalue weighted by molar-refractivity contribution is -0.120. The zero-order valence-corrected chi connectivity index (χ0v) is 17.8. The van der Waals surface area contributed by atoms with Crippen LogP contribution in [0.1, 0.15) is 30.9 Å².